The molecule has 0 N–H and O–H groups in total. The Morgan fingerprint density at radius 3 is 3.06 bits per heavy atom. The summed E-state index contributed by atoms with van der Waals surface area (Å²) in [5.41, 5.74) is 0. The Labute approximate surface area is 113 Å². The Kier molecular flexibility index (Phi) is 3.39. The van der Waals surface area contributed by atoms with Gasteiger partial charge in [0.05, 0.1) is 0 Å². The van der Waals surface area contributed by atoms with Crippen LogP contribution in [-0.4, -0.2) is 46.6 Å². The predicted molar refractivity (Wildman–Crippen MR) is 73.1 cm³/mol. The lowest BCUT2D eigenvalue weighted by molar-refractivity contribution is 0.115. The van der Waals surface area contributed by atoms with Crippen molar-refractivity contribution in [1.29, 1.82) is 0 Å². The predicted octanol–water partition coefficient (Wildman–Crippen LogP) is 2.19. The van der Waals surface area contributed by atoms with Crippen molar-refractivity contribution in [3.05, 3.63) is 17.5 Å². The second-order valence-corrected chi connectivity index (χ2v) is 5.67. The molecule has 1 aromatic rings. The molecule has 18 heavy (non-hydrogen) atoms. The van der Waals surface area contributed by atoms with Crippen LogP contribution in [-0.2, 0) is 0 Å². The smallest absolute Gasteiger partial charge is 0.224 e. The van der Waals surface area contributed by atoms with Crippen molar-refractivity contribution in [1.82, 2.24) is 14.9 Å². The maximum atomic E-state index is 5.89. The molecule has 2 aliphatic rings. The first-order valence-electron chi connectivity index (χ1n) is 6.73. The van der Waals surface area contributed by atoms with Crippen molar-refractivity contribution in [3.63, 3.8) is 0 Å². The van der Waals surface area contributed by atoms with Crippen LogP contribution >= 0.6 is 11.6 Å². The van der Waals surface area contributed by atoms with E-state index in [4.69, 9.17) is 11.6 Å². The van der Waals surface area contributed by atoms with Crippen molar-refractivity contribution < 1.29 is 0 Å². The zero-order valence-corrected chi connectivity index (χ0v) is 11.5. The summed E-state index contributed by atoms with van der Waals surface area (Å²) >= 11 is 5.89. The first-order valence-corrected chi connectivity index (χ1v) is 7.11. The van der Waals surface area contributed by atoms with Crippen molar-refractivity contribution >= 4 is 17.4 Å². The van der Waals surface area contributed by atoms with Crippen molar-refractivity contribution in [2.45, 2.75) is 38.3 Å². The summed E-state index contributed by atoms with van der Waals surface area (Å²) in [5, 5.41) is 0.339. The van der Waals surface area contributed by atoms with Crippen LogP contribution in [0.4, 0.5) is 5.82 Å². The third-order valence-corrected chi connectivity index (χ3v) is 4.28. The molecule has 3 heterocycles. The van der Waals surface area contributed by atoms with Crippen LogP contribution in [0.5, 0.6) is 0 Å². The highest BCUT2D eigenvalue weighted by molar-refractivity contribution is 6.28. The molecule has 2 unspecified atom stereocenters. The van der Waals surface area contributed by atoms with Gasteiger partial charge in [-0.1, -0.05) is 6.42 Å². The zero-order valence-electron chi connectivity index (χ0n) is 10.7. The second-order valence-electron chi connectivity index (χ2n) is 5.33. The van der Waals surface area contributed by atoms with E-state index < -0.39 is 0 Å². The van der Waals surface area contributed by atoms with Crippen LogP contribution in [0.15, 0.2) is 12.3 Å². The Balaban J connectivity index is 1.80. The van der Waals surface area contributed by atoms with E-state index >= 15 is 0 Å². The van der Waals surface area contributed by atoms with Crippen LogP contribution in [0.1, 0.15) is 26.2 Å². The molecule has 98 valence electrons. The molecule has 0 spiro atoms. The molecule has 1 aromatic heterocycles. The molecular weight excluding hydrogens is 248 g/mol. The fourth-order valence-corrected chi connectivity index (χ4v) is 3.30. The minimum atomic E-state index is 0.339. The second kappa shape index (κ2) is 5.02. The van der Waals surface area contributed by atoms with Gasteiger partial charge in [0.15, 0.2) is 0 Å². The molecule has 2 aliphatic heterocycles. The standard InChI is InChI=1S/C13H19ClN4/c1-10-8-17-7-3-2-4-11(17)9-18(10)12-5-6-15-13(14)16-12/h5-6,10-11H,2-4,7-9H2,1H3. The summed E-state index contributed by atoms with van der Waals surface area (Å²) in [7, 11) is 0. The Hall–Kier alpha value is -0.870. The van der Waals surface area contributed by atoms with Gasteiger partial charge in [-0.2, -0.15) is 0 Å². The van der Waals surface area contributed by atoms with E-state index in [1.54, 1.807) is 6.20 Å². The fourth-order valence-electron chi connectivity index (χ4n) is 3.16. The number of hydrogen-bond acceptors (Lipinski definition) is 4. The van der Waals surface area contributed by atoms with E-state index in [0.717, 1.165) is 18.9 Å². The van der Waals surface area contributed by atoms with E-state index in [1.165, 1.54) is 25.8 Å². The SMILES string of the molecule is CC1CN2CCCCC2CN1c1ccnc(Cl)n1. The highest BCUT2D eigenvalue weighted by atomic mass is 35.5. The van der Waals surface area contributed by atoms with Crippen molar-refractivity contribution in [2.75, 3.05) is 24.5 Å². The molecule has 0 aliphatic carbocycles. The summed E-state index contributed by atoms with van der Waals surface area (Å²) in [6, 6.07) is 3.13. The molecule has 0 saturated carbocycles. The first kappa shape index (κ1) is 12.2. The van der Waals surface area contributed by atoms with Crippen LogP contribution < -0.4 is 4.90 Å². The summed E-state index contributed by atoms with van der Waals surface area (Å²) < 4.78 is 0. The fraction of sp³-hybridized carbons (Fsp3) is 0.692. The lowest BCUT2D eigenvalue weighted by Gasteiger charge is -2.47. The van der Waals surface area contributed by atoms with Crippen molar-refractivity contribution in [2.24, 2.45) is 0 Å². The summed E-state index contributed by atoms with van der Waals surface area (Å²) in [4.78, 5) is 13.3. The van der Waals surface area contributed by atoms with Gasteiger partial charge in [0.2, 0.25) is 5.28 Å². The molecule has 0 radical (unpaired) electrons. The van der Waals surface area contributed by atoms with Gasteiger partial charge >= 0.3 is 0 Å². The average Bonchev–Trinajstić information content (AvgIpc) is 2.38. The van der Waals surface area contributed by atoms with Gasteiger partial charge in [0, 0.05) is 31.4 Å². The number of fused-ring (bicyclic) bond motifs is 1. The van der Waals surface area contributed by atoms with Gasteiger partial charge in [0.25, 0.3) is 0 Å². The lowest BCUT2D eigenvalue weighted by atomic mass is 9.97. The summed E-state index contributed by atoms with van der Waals surface area (Å²) in [5.74, 6) is 0.965. The van der Waals surface area contributed by atoms with E-state index in [2.05, 4.69) is 26.7 Å². The average molecular weight is 267 g/mol. The van der Waals surface area contributed by atoms with Gasteiger partial charge in [-0.15, -0.1) is 0 Å². The lowest BCUT2D eigenvalue weighted by Crippen LogP contribution is -2.59. The number of hydrogen-bond donors (Lipinski definition) is 0. The maximum absolute atomic E-state index is 5.89. The van der Waals surface area contributed by atoms with Crippen LogP contribution in [0, 0.1) is 0 Å². The largest absolute Gasteiger partial charge is 0.351 e. The van der Waals surface area contributed by atoms with Gasteiger partial charge in [-0.3, -0.25) is 4.90 Å². The number of nitrogens with zero attached hydrogens (tertiary/aromatic N) is 4. The highest BCUT2D eigenvalue weighted by Gasteiger charge is 2.33. The molecule has 4 nitrogen and oxygen atoms in total. The van der Waals surface area contributed by atoms with Crippen LogP contribution in [0.25, 0.3) is 0 Å². The zero-order chi connectivity index (χ0) is 12.5. The molecule has 0 amide bonds. The van der Waals surface area contributed by atoms with Crippen molar-refractivity contribution in [3.8, 4) is 0 Å². The monoisotopic (exact) mass is 266 g/mol. The Morgan fingerprint density at radius 2 is 2.22 bits per heavy atom. The summed E-state index contributed by atoms with van der Waals surface area (Å²) in [6.07, 6.45) is 5.75. The van der Waals surface area contributed by atoms with E-state index in [9.17, 15) is 0 Å². The molecule has 0 bridgehead atoms. The van der Waals surface area contributed by atoms with Gasteiger partial charge in [-0.05, 0) is 44.0 Å². The molecule has 3 rings (SSSR count). The molecule has 2 saturated heterocycles. The van der Waals surface area contributed by atoms with Gasteiger partial charge in [0.1, 0.15) is 5.82 Å². The van der Waals surface area contributed by atoms with E-state index in [0.29, 0.717) is 17.4 Å². The molecule has 5 heteroatoms. The van der Waals surface area contributed by atoms with Gasteiger partial charge in [-0.25, -0.2) is 9.97 Å². The molecule has 2 fully saturated rings. The van der Waals surface area contributed by atoms with E-state index in [1.807, 2.05) is 6.07 Å². The Morgan fingerprint density at radius 1 is 1.33 bits per heavy atom. The number of halogens is 1. The minimum Gasteiger partial charge on any atom is -0.351 e. The summed E-state index contributed by atoms with van der Waals surface area (Å²) in [6.45, 7) is 5.72. The van der Waals surface area contributed by atoms with E-state index in [-0.39, 0.29) is 0 Å². The number of anilines is 1. The topological polar surface area (TPSA) is 32.3 Å². The van der Waals surface area contributed by atoms with Crippen LogP contribution in [0.2, 0.25) is 5.28 Å². The maximum Gasteiger partial charge on any atom is 0.224 e. The van der Waals surface area contributed by atoms with Crippen LogP contribution in [0.3, 0.4) is 0 Å². The minimum absolute atomic E-state index is 0.339. The third kappa shape index (κ3) is 2.31. The quantitative estimate of drug-likeness (QED) is 0.730. The number of piperazine rings is 1. The first-order chi connectivity index (χ1) is 8.74. The third-order valence-electron chi connectivity index (χ3n) is 4.09. The molecule has 2 atom stereocenters. The number of rotatable bonds is 1. The normalized spacial score (nSPS) is 29.1. The highest BCUT2D eigenvalue weighted by Crippen LogP contribution is 2.27. The number of piperidine rings is 1. The Bertz CT molecular complexity index is 425. The number of aromatic nitrogens is 2. The molecule has 0 aromatic carbocycles. The molecular formula is C13H19ClN4. The van der Waals surface area contributed by atoms with Gasteiger partial charge < -0.3 is 4.90 Å².